The Kier molecular flexibility index (Phi) is 10.1. The number of hydrogen-bond acceptors (Lipinski definition) is 2. The molecule has 0 unspecified atom stereocenters. The summed E-state index contributed by atoms with van der Waals surface area (Å²) in [7, 11) is 0. The predicted molar refractivity (Wildman–Crippen MR) is 278 cm³/mol. The highest BCUT2D eigenvalue weighted by molar-refractivity contribution is 6.19. The second kappa shape index (κ2) is 16.4. The zero-order valence-corrected chi connectivity index (χ0v) is 37.9. The van der Waals surface area contributed by atoms with Gasteiger partial charge >= 0.3 is 0 Å². The van der Waals surface area contributed by atoms with Crippen molar-refractivity contribution in [1.29, 1.82) is 0 Å². The molecule has 9 aromatic carbocycles. The van der Waals surface area contributed by atoms with E-state index in [9.17, 15) is 0 Å². The van der Waals surface area contributed by atoms with Gasteiger partial charge in [-0.05, 0) is 188 Å². The Hall–Kier alpha value is -6.64. The van der Waals surface area contributed by atoms with Gasteiger partial charge in [-0.25, -0.2) is 0 Å². The molecular weight excluding hydrogens is 785 g/mol. The summed E-state index contributed by atoms with van der Waals surface area (Å²) < 4.78 is 0. The smallest absolute Gasteiger partial charge is 0.0468 e. The lowest BCUT2D eigenvalue weighted by Gasteiger charge is -2.28. The van der Waals surface area contributed by atoms with Gasteiger partial charge in [0.1, 0.15) is 0 Å². The van der Waals surface area contributed by atoms with Crippen LogP contribution < -0.4 is 9.80 Å². The van der Waals surface area contributed by atoms with Crippen molar-refractivity contribution in [3.63, 3.8) is 0 Å². The summed E-state index contributed by atoms with van der Waals surface area (Å²) >= 11 is 0. The number of rotatable bonds is 8. The summed E-state index contributed by atoms with van der Waals surface area (Å²) in [5.41, 5.74) is 15.4. The first-order valence-corrected chi connectivity index (χ1v) is 24.5. The van der Waals surface area contributed by atoms with Crippen LogP contribution in [0.25, 0.3) is 43.4 Å². The Bertz CT molecular complexity index is 3170. The van der Waals surface area contributed by atoms with Gasteiger partial charge in [0.2, 0.25) is 0 Å². The van der Waals surface area contributed by atoms with Crippen LogP contribution in [0.4, 0.5) is 34.1 Å². The molecule has 2 nitrogen and oxygen atoms in total. The summed E-state index contributed by atoms with van der Waals surface area (Å²) in [5.74, 6) is 1.37. The first-order chi connectivity index (χ1) is 32.0. The van der Waals surface area contributed by atoms with Gasteiger partial charge in [-0.2, -0.15) is 0 Å². The molecule has 0 aromatic heterocycles. The normalized spacial score (nSPS) is 16.2. The number of para-hydroxylation sites is 2. The summed E-state index contributed by atoms with van der Waals surface area (Å²) in [6.07, 6.45) is 13.4. The minimum absolute atomic E-state index is 0.221. The molecule has 2 fully saturated rings. The molecule has 0 radical (unpaired) electrons. The highest BCUT2D eigenvalue weighted by Crippen LogP contribution is 2.56. The van der Waals surface area contributed by atoms with Crippen LogP contribution >= 0.6 is 0 Å². The number of anilines is 6. The highest BCUT2D eigenvalue weighted by Gasteiger charge is 2.39. The highest BCUT2D eigenvalue weighted by atomic mass is 15.1. The molecule has 65 heavy (non-hydrogen) atoms. The van der Waals surface area contributed by atoms with Gasteiger partial charge in [-0.15, -0.1) is 0 Å². The zero-order chi connectivity index (χ0) is 43.5. The quantitative estimate of drug-likeness (QED) is 0.141. The first kappa shape index (κ1) is 39.9. The van der Waals surface area contributed by atoms with Crippen LogP contribution in [0.5, 0.6) is 0 Å². The molecule has 0 N–H and O–H groups in total. The second-order valence-corrected chi connectivity index (χ2v) is 19.8. The van der Waals surface area contributed by atoms with E-state index in [2.05, 4.69) is 206 Å². The predicted octanol–water partition coefficient (Wildman–Crippen LogP) is 18.5. The van der Waals surface area contributed by atoms with Crippen LogP contribution in [-0.4, -0.2) is 0 Å². The maximum atomic E-state index is 2.51. The summed E-state index contributed by atoms with van der Waals surface area (Å²) in [6, 6.07) is 69.2. The Balaban J connectivity index is 0.964. The number of fused-ring (bicyclic) bond motifs is 9. The summed E-state index contributed by atoms with van der Waals surface area (Å²) in [5, 5.41) is 7.80. The second-order valence-electron chi connectivity index (χ2n) is 19.8. The molecule has 0 heterocycles. The van der Waals surface area contributed by atoms with Gasteiger partial charge in [0, 0.05) is 39.5 Å². The minimum Gasteiger partial charge on any atom is -0.310 e. The minimum atomic E-state index is -0.221. The number of nitrogens with zero attached hydrogens (tertiary/aromatic N) is 2. The lowest BCUT2D eigenvalue weighted by molar-refractivity contribution is 0.443. The Morgan fingerprint density at radius 2 is 0.846 bits per heavy atom. The van der Waals surface area contributed by atoms with Crippen LogP contribution in [0.1, 0.15) is 112 Å². The standard InChI is InChI=1S/C63H58N2/c1-63(2)60-41-48-39-53(64(49-21-11-5-12-22-49)51-32-27-45(28-33-51)43-17-7-3-8-18-43)36-31-47(48)40-59(60)61-56-26-16-15-25-55(56)58-42-54(37-38-57(58)62(61)63)65(50-23-13-6-14-24-50)52-34-29-46(30-35-52)44-19-9-4-10-20-44/h5-6,11-16,21-44H,3-4,7-10,17-20H2,1-2H3. The fraction of sp³-hybridized carbons (Fsp3) is 0.238. The van der Waals surface area contributed by atoms with E-state index in [4.69, 9.17) is 0 Å². The van der Waals surface area contributed by atoms with Crippen molar-refractivity contribution in [2.24, 2.45) is 0 Å². The summed E-state index contributed by atoms with van der Waals surface area (Å²) in [4.78, 5) is 4.87. The van der Waals surface area contributed by atoms with Gasteiger partial charge < -0.3 is 9.80 Å². The largest absolute Gasteiger partial charge is 0.310 e. The SMILES string of the molecule is CC1(C)c2cc3cc(N(c4ccccc4)c4ccc(C5CCCCC5)cc4)ccc3cc2-c2c1c1ccc(N(c3ccccc3)c3ccc(C4CCCCC4)cc3)cc1c1ccccc21. The van der Waals surface area contributed by atoms with Crippen LogP contribution in [0.15, 0.2) is 182 Å². The molecule has 12 rings (SSSR count). The van der Waals surface area contributed by atoms with Crippen LogP contribution in [0.3, 0.4) is 0 Å². The average molecular weight is 843 g/mol. The molecule has 0 spiro atoms. The first-order valence-electron chi connectivity index (χ1n) is 24.5. The van der Waals surface area contributed by atoms with Crippen molar-refractivity contribution >= 4 is 66.4 Å². The molecule has 320 valence electrons. The van der Waals surface area contributed by atoms with E-state index in [1.807, 2.05) is 0 Å². The van der Waals surface area contributed by atoms with Crippen LogP contribution in [0.2, 0.25) is 0 Å². The van der Waals surface area contributed by atoms with Gasteiger partial charge in [0.15, 0.2) is 0 Å². The van der Waals surface area contributed by atoms with Crippen molar-refractivity contribution in [2.75, 3.05) is 9.80 Å². The van der Waals surface area contributed by atoms with E-state index in [0.29, 0.717) is 11.8 Å². The lowest BCUT2D eigenvalue weighted by atomic mass is 9.79. The molecule has 3 aliphatic rings. The third-order valence-electron chi connectivity index (χ3n) is 15.5. The van der Waals surface area contributed by atoms with Gasteiger partial charge in [-0.1, -0.05) is 149 Å². The molecule has 9 aromatic rings. The summed E-state index contributed by atoms with van der Waals surface area (Å²) in [6.45, 7) is 4.90. The van der Waals surface area contributed by atoms with Crippen molar-refractivity contribution in [3.8, 4) is 11.1 Å². The lowest BCUT2D eigenvalue weighted by Crippen LogP contribution is -2.16. The van der Waals surface area contributed by atoms with Gasteiger partial charge in [0.05, 0.1) is 0 Å². The number of benzene rings is 9. The van der Waals surface area contributed by atoms with E-state index in [1.165, 1.54) is 164 Å². The van der Waals surface area contributed by atoms with Crippen molar-refractivity contribution < 1.29 is 0 Å². The molecule has 2 saturated carbocycles. The molecular formula is C63H58N2. The fourth-order valence-corrected chi connectivity index (χ4v) is 12.2. The number of hydrogen-bond donors (Lipinski definition) is 0. The third-order valence-corrected chi connectivity index (χ3v) is 15.5. The maximum absolute atomic E-state index is 2.51. The third kappa shape index (κ3) is 7.01. The Morgan fingerprint density at radius 1 is 0.369 bits per heavy atom. The molecule has 2 heteroatoms. The zero-order valence-electron chi connectivity index (χ0n) is 37.9. The molecule has 3 aliphatic carbocycles. The van der Waals surface area contributed by atoms with Gasteiger partial charge in [-0.3, -0.25) is 0 Å². The monoisotopic (exact) mass is 842 g/mol. The molecule has 0 bridgehead atoms. The van der Waals surface area contributed by atoms with Gasteiger partial charge in [0.25, 0.3) is 0 Å². The van der Waals surface area contributed by atoms with Crippen LogP contribution in [0, 0.1) is 0 Å². The average Bonchev–Trinajstić information content (AvgIpc) is 3.60. The van der Waals surface area contributed by atoms with Crippen molar-refractivity contribution in [2.45, 2.75) is 95.3 Å². The molecule has 0 saturated heterocycles. The molecule has 0 aliphatic heterocycles. The van der Waals surface area contributed by atoms with E-state index in [0.717, 1.165) is 0 Å². The van der Waals surface area contributed by atoms with E-state index < -0.39 is 0 Å². The van der Waals surface area contributed by atoms with E-state index >= 15 is 0 Å². The Labute approximate surface area is 385 Å². The van der Waals surface area contributed by atoms with E-state index in [1.54, 1.807) is 0 Å². The molecule has 0 atom stereocenters. The van der Waals surface area contributed by atoms with Crippen molar-refractivity contribution in [1.82, 2.24) is 0 Å². The van der Waals surface area contributed by atoms with E-state index in [-0.39, 0.29) is 5.41 Å². The topological polar surface area (TPSA) is 6.48 Å². The fourth-order valence-electron chi connectivity index (χ4n) is 12.2. The maximum Gasteiger partial charge on any atom is 0.0468 e. The molecule has 0 amide bonds. The van der Waals surface area contributed by atoms with Crippen LogP contribution in [-0.2, 0) is 5.41 Å². The Morgan fingerprint density at radius 3 is 1.42 bits per heavy atom. The van der Waals surface area contributed by atoms with Crippen molar-refractivity contribution in [3.05, 3.63) is 204 Å².